The summed E-state index contributed by atoms with van der Waals surface area (Å²) in [6.45, 7) is 0. The van der Waals surface area contributed by atoms with Crippen LogP contribution >= 0.6 is 15.9 Å². The molecule has 0 atom stereocenters. The number of halogens is 1. The molecule has 0 bridgehead atoms. The monoisotopic (exact) mass is 387 g/mol. The lowest BCUT2D eigenvalue weighted by atomic mass is 10.3. The first-order chi connectivity index (χ1) is 10.3. The predicted octanol–water partition coefficient (Wildman–Crippen LogP) is 3.13. The van der Waals surface area contributed by atoms with Gasteiger partial charge in [-0.25, -0.2) is 0 Å². The quantitative estimate of drug-likeness (QED) is 0.444. The molecule has 2 aromatic rings. The number of methoxy groups -OCH3 is 1. The molecule has 0 unspecified atom stereocenters. The number of benzene rings is 2. The fraction of sp³-hybridized carbons (Fsp3) is 0.0769. The highest BCUT2D eigenvalue weighted by Gasteiger charge is 2.21. The van der Waals surface area contributed by atoms with Crippen molar-refractivity contribution in [3.63, 3.8) is 0 Å². The molecular weight excluding hydrogens is 378 g/mol. The van der Waals surface area contributed by atoms with Gasteiger partial charge in [-0.15, -0.1) is 0 Å². The van der Waals surface area contributed by atoms with E-state index >= 15 is 0 Å². The molecule has 0 saturated carbocycles. The van der Waals surface area contributed by atoms with Crippen molar-refractivity contribution in [3.8, 4) is 11.5 Å². The first kappa shape index (κ1) is 16.2. The van der Waals surface area contributed by atoms with Gasteiger partial charge in [-0.3, -0.25) is 10.1 Å². The Balaban J connectivity index is 2.40. The second-order valence-corrected chi connectivity index (χ2v) is 6.58. The Morgan fingerprint density at radius 2 is 1.82 bits per heavy atom. The van der Waals surface area contributed by atoms with Crippen LogP contribution in [0.1, 0.15) is 0 Å². The maximum atomic E-state index is 12.2. The van der Waals surface area contributed by atoms with Gasteiger partial charge in [0.15, 0.2) is 0 Å². The molecular formula is C13H10BrNO6S. The SMILES string of the molecule is COc1cccc(OS(=O)(=O)c2cc(Br)cc([N+](=O)[O-])c2)c1. The van der Waals surface area contributed by atoms with Gasteiger partial charge in [-0.05, 0) is 18.2 Å². The van der Waals surface area contributed by atoms with E-state index in [4.69, 9.17) is 8.92 Å². The number of non-ortho nitro benzene ring substituents is 1. The standard InChI is InChI=1S/C13H10BrNO6S/c1-20-11-3-2-4-12(8-11)21-22(18,19)13-6-9(14)5-10(7-13)15(16)17/h2-8H,1H3. The lowest BCUT2D eigenvalue weighted by Gasteiger charge is -2.08. The molecule has 0 radical (unpaired) electrons. The van der Waals surface area contributed by atoms with Crippen molar-refractivity contribution in [1.82, 2.24) is 0 Å². The number of ether oxygens (including phenoxy) is 1. The number of hydrogen-bond acceptors (Lipinski definition) is 6. The second-order valence-electron chi connectivity index (χ2n) is 4.12. The smallest absolute Gasteiger partial charge is 0.339 e. The van der Waals surface area contributed by atoms with Crippen molar-refractivity contribution in [2.75, 3.05) is 7.11 Å². The third kappa shape index (κ3) is 3.74. The van der Waals surface area contributed by atoms with Crippen LogP contribution in [0.4, 0.5) is 5.69 Å². The Kier molecular flexibility index (Phi) is 4.67. The summed E-state index contributed by atoms with van der Waals surface area (Å²) in [5.74, 6) is 0.468. The van der Waals surface area contributed by atoms with E-state index in [-0.39, 0.29) is 20.8 Å². The third-order valence-electron chi connectivity index (χ3n) is 2.60. The summed E-state index contributed by atoms with van der Waals surface area (Å²) < 4.78 is 34.6. The van der Waals surface area contributed by atoms with Crippen molar-refractivity contribution in [2.24, 2.45) is 0 Å². The van der Waals surface area contributed by atoms with E-state index < -0.39 is 15.0 Å². The summed E-state index contributed by atoms with van der Waals surface area (Å²) in [6.07, 6.45) is 0. The molecule has 0 aromatic heterocycles. The van der Waals surface area contributed by atoms with Gasteiger partial charge in [0.05, 0.1) is 12.0 Å². The van der Waals surface area contributed by atoms with E-state index in [1.54, 1.807) is 12.1 Å². The van der Waals surface area contributed by atoms with Crippen LogP contribution in [0.15, 0.2) is 51.8 Å². The third-order valence-corrected chi connectivity index (χ3v) is 4.29. The van der Waals surface area contributed by atoms with Crippen LogP contribution in [0.25, 0.3) is 0 Å². The Hall–Kier alpha value is -2.13. The molecule has 0 aliphatic heterocycles. The number of nitrogens with zero attached hydrogens (tertiary/aromatic N) is 1. The average molecular weight is 388 g/mol. The molecule has 0 saturated heterocycles. The van der Waals surface area contributed by atoms with E-state index in [1.807, 2.05) is 0 Å². The molecule has 0 fully saturated rings. The Bertz CT molecular complexity index is 821. The van der Waals surface area contributed by atoms with Gasteiger partial charge >= 0.3 is 10.1 Å². The largest absolute Gasteiger partial charge is 0.497 e. The van der Waals surface area contributed by atoms with Crippen LogP contribution in [0, 0.1) is 10.1 Å². The van der Waals surface area contributed by atoms with Crippen LogP contribution in [-0.4, -0.2) is 20.5 Å². The molecule has 0 aliphatic carbocycles. The lowest BCUT2D eigenvalue weighted by molar-refractivity contribution is -0.385. The second kappa shape index (κ2) is 6.32. The van der Waals surface area contributed by atoms with Crippen LogP contribution in [0.5, 0.6) is 11.5 Å². The average Bonchev–Trinajstić information content (AvgIpc) is 2.46. The first-order valence-electron chi connectivity index (χ1n) is 5.85. The minimum Gasteiger partial charge on any atom is -0.497 e. The van der Waals surface area contributed by atoms with E-state index in [2.05, 4.69) is 15.9 Å². The zero-order valence-electron chi connectivity index (χ0n) is 11.2. The molecule has 2 rings (SSSR count). The highest BCUT2D eigenvalue weighted by molar-refractivity contribution is 9.10. The van der Waals surface area contributed by atoms with Crippen LogP contribution in [0.3, 0.4) is 0 Å². The highest BCUT2D eigenvalue weighted by atomic mass is 79.9. The molecule has 0 heterocycles. The van der Waals surface area contributed by atoms with Crippen LogP contribution in [-0.2, 0) is 10.1 Å². The molecule has 116 valence electrons. The van der Waals surface area contributed by atoms with Crippen molar-refractivity contribution >= 4 is 31.7 Å². The van der Waals surface area contributed by atoms with Gasteiger partial charge in [0.2, 0.25) is 0 Å². The van der Waals surface area contributed by atoms with Gasteiger partial charge in [0, 0.05) is 22.7 Å². The summed E-state index contributed by atoms with van der Waals surface area (Å²) >= 11 is 3.04. The van der Waals surface area contributed by atoms with Crippen molar-refractivity contribution in [2.45, 2.75) is 4.90 Å². The van der Waals surface area contributed by atoms with Gasteiger partial charge in [0.1, 0.15) is 16.4 Å². The molecule has 2 aromatic carbocycles. The van der Waals surface area contributed by atoms with E-state index in [0.29, 0.717) is 5.75 Å². The molecule has 0 amide bonds. The van der Waals surface area contributed by atoms with Crippen LogP contribution in [0.2, 0.25) is 0 Å². The summed E-state index contributed by atoms with van der Waals surface area (Å²) in [5.41, 5.74) is -0.359. The molecule has 0 spiro atoms. The Labute approximate surface area is 134 Å². The van der Waals surface area contributed by atoms with Gasteiger partial charge < -0.3 is 8.92 Å². The summed E-state index contributed by atoms with van der Waals surface area (Å²) in [7, 11) is -2.77. The zero-order valence-corrected chi connectivity index (χ0v) is 13.6. The van der Waals surface area contributed by atoms with Crippen molar-refractivity contribution in [3.05, 3.63) is 57.1 Å². The van der Waals surface area contributed by atoms with E-state index in [9.17, 15) is 18.5 Å². The number of nitro benzene ring substituents is 1. The van der Waals surface area contributed by atoms with Crippen LogP contribution < -0.4 is 8.92 Å². The number of rotatable bonds is 5. The van der Waals surface area contributed by atoms with Gasteiger partial charge in [-0.2, -0.15) is 8.42 Å². The molecule has 9 heteroatoms. The number of hydrogen-bond donors (Lipinski definition) is 0. The van der Waals surface area contributed by atoms with Gasteiger partial charge in [0.25, 0.3) is 5.69 Å². The van der Waals surface area contributed by atoms with E-state index in [0.717, 1.165) is 6.07 Å². The maximum Gasteiger partial charge on any atom is 0.339 e. The minimum absolute atomic E-state index is 0.0435. The fourth-order valence-electron chi connectivity index (χ4n) is 1.63. The van der Waals surface area contributed by atoms with Crippen molar-refractivity contribution < 1.29 is 22.3 Å². The molecule has 7 nitrogen and oxygen atoms in total. The first-order valence-corrected chi connectivity index (χ1v) is 8.05. The fourth-order valence-corrected chi connectivity index (χ4v) is 3.25. The van der Waals surface area contributed by atoms with E-state index in [1.165, 1.54) is 31.4 Å². The minimum atomic E-state index is -4.21. The maximum absolute atomic E-state index is 12.2. The van der Waals surface area contributed by atoms with Gasteiger partial charge in [-0.1, -0.05) is 22.0 Å². The summed E-state index contributed by atoms with van der Waals surface area (Å²) in [6, 6.07) is 9.38. The Morgan fingerprint density at radius 1 is 1.14 bits per heavy atom. The molecule has 0 N–H and O–H groups in total. The molecule has 0 aliphatic rings. The molecule has 22 heavy (non-hydrogen) atoms. The Morgan fingerprint density at radius 3 is 2.45 bits per heavy atom. The highest BCUT2D eigenvalue weighted by Crippen LogP contribution is 2.27. The normalized spacial score (nSPS) is 11.0. The lowest BCUT2D eigenvalue weighted by Crippen LogP contribution is -2.10. The number of nitro groups is 1. The summed E-state index contributed by atoms with van der Waals surface area (Å²) in [4.78, 5) is 9.80. The van der Waals surface area contributed by atoms with Crippen molar-refractivity contribution in [1.29, 1.82) is 0 Å². The summed E-state index contributed by atoms with van der Waals surface area (Å²) in [5, 5.41) is 10.8. The predicted molar refractivity (Wildman–Crippen MR) is 81.6 cm³/mol. The zero-order chi connectivity index (χ0) is 16.3. The topological polar surface area (TPSA) is 95.7 Å².